The Morgan fingerprint density at radius 1 is 1.29 bits per heavy atom. The number of hydrogen-bond acceptors (Lipinski definition) is 5. The van der Waals surface area contributed by atoms with Crippen LogP contribution >= 0.6 is 22.9 Å². The number of carbonyl (C=O) groups excluding carboxylic acids is 2. The van der Waals surface area contributed by atoms with Gasteiger partial charge in [0.15, 0.2) is 5.13 Å². The van der Waals surface area contributed by atoms with Gasteiger partial charge in [-0.15, -0.1) is 11.3 Å². The van der Waals surface area contributed by atoms with Gasteiger partial charge in [0, 0.05) is 16.0 Å². The van der Waals surface area contributed by atoms with Crippen LogP contribution in [0.25, 0.3) is 11.3 Å². The molecule has 6 nitrogen and oxygen atoms in total. The molecule has 1 aromatic heterocycles. The quantitative estimate of drug-likeness (QED) is 0.621. The molecule has 142 valence electrons. The van der Waals surface area contributed by atoms with Gasteiger partial charge in [-0.3, -0.25) is 14.9 Å². The molecule has 0 radical (unpaired) electrons. The highest BCUT2D eigenvalue weighted by Gasteiger charge is 2.47. The van der Waals surface area contributed by atoms with Gasteiger partial charge in [0.1, 0.15) is 11.6 Å². The number of thiazole rings is 1. The van der Waals surface area contributed by atoms with Crippen molar-refractivity contribution in [1.29, 1.82) is 0 Å². The normalized spacial score (nSPS) is 18.0. The fraction of sp³-hybridized carbons (Fsp3) is 0.105. The van der Waals surface area contributed by atoms with Crippen molar-refractivity contribution in [3.8, 4) is 17.0 Å². The lowest BCUT2D eigenvalue weighted by Gasteiger charge is -2.33. The zero-order chi connectivity index (χ0) is 19.9. The van der Waals surface area contributed by atoms with Crippen LogP contribution in [0, 0.1) is 5.82 Å². The number of carbonyl (C=O) groups is 2. The monoisotopic (exact) mass is 417 g/mol. The first-order valence-electron chi connectivity index (χ1n) is 8.18. The average molecular weight is 418 g/mol. The van der Waals surface area contributed by atoms with E-state index in [4.69, 9.17) is 16.3 Å². The van der Waals surface area contributed by atoms with Crippen LogP contribution in [0.2, 0.25) is 5.02 Å². The highest BCUT2D eigenvalue weighted by molar-refractivity contribution is 7.14. The Morgan fingerprint density at radius 2 is 2.04 bits per heavy atom. The number of nitrogens with one attached hydrogen (secondary N) is 2. The minimum atomic E-state index is -1.78. The first-order valence-corrected chi connectivity index (χ1v) is 9.44. The predicted octanol–water partition coefficient (Wildman–Crippen LogP) is 4.33. The van der Waals surface area contributed by atoms with Crippen molar-refractivity contribution in [3.05, 3.63) is 58.7 Å². The summed E-state index contributed by atoms with van der Waals surface area (Å²) < 4.78 is 18.7. The summed E-state index contributed by atoms with van der Waals surface area (Å²) in [5, 5.41) is 7.70. The van der Waals surface area contributed by atoms with E-state index in [1.165, 1.54) is 30.4 Å². The van der Waals surface area contributed by atoms with Crippen LogP contribution < -0.4 is 15.4 Å². The zero-order valence-corrected chi connectivity index (χ0v) is 16.0. The lowest BCUT2D eigenvalue weighted by atomic mass is 10.0. The average Bonchev–Trinajstić information content (AvgIpc) is 3.12. The van der Waals surface area contributed by atoms with E-state index in [0.717, 1.165) is 0 Å². The molecule has 28 heavy (non-hydrogen) atoms. The Morgan fingerprint density at radius 3 is 2.79 bits per heavy atom. The topological polar surface area (TPSA) is 80.3 Å². The van der Waals surface area contributed by atoms with Crippen molar-refractivity contribution < 1.29 is 18.7 Å². The second-order valence-corrected chi connectivity index (χ2v) is 7.52. The number of aromatic nitrogens is 1. The molecule has 0 saturated carbocycles. The van der Waals surface area contributed by atoms with Crippen LogP contribution in [0.5, 0.6) is 5.75 Å². The van der Waals surface area contributed by atoms with Crippen LogP contribution in [0.1, 0.15) is 6.92 Å². The fourth-order valence-electron chi connectivity index (χ4n) is 2.65. The van der Waals surface area contributed by atoms with Crippen LogP contribution in [0.15, 0.2) is 47.8 Å². The van der Waals surface area contributed by atoms with Gasteiger partial charge in [-0.25, -0.2) is 9.37 Å². The second kappa shape index (κ2) is 6.88. The van der Waals surface area contributed by atoms with Gasteiger partial charge in [-0.05, 0) is 49.4 Å². The number of rotatable bonds is 3. The van der Waals surface area contributed by atoms with Crippen LogP contribution in [-0.4, -0.2) is 22.4 Å². The number of fused-ring (bicyclic) bond motifs is 1. The number of ether oxygens (including phenoxy) is 1. The van der Waals surface area contributed by atoms with Gasteiger partial charge in [0.05, 0.1) is 11.4 Å². The summed E-state index contributed by atoms with van der Waals surface area (Å²) in [5.74, 6) is -1.28. The maximum Gasteiger partial charge on any atom is 0.280 e. The van der Waals surface area contributed by atoms with E-state index in [1.54, 1.807) is 35.7 Å². The second-order valence-electron chi connectivity index (χ2n) is 6.23. The van der Waals surface area contributed by atoms with Gasteiger partial charge in [0.25, 0.3) is 17.4 Å². The third-order valence-corrected chi connectivity index (χ3v) is 5.23. The number of anilines is 2. The Hall–Kier alpha value is -2.97. The van der Waals surface area contributed by atoms with E-state index in [2.05, 4.69) is 15.6 Å². The molecule has 0 aliphatic carbocycles. The SMILES string of the molecule is CC1(C(=O)Nc2nc(-c3ccc(F)cc3)cs2)Oc2ccc(Cl)cc2NC1=O. The lowest BCUT2D eigenvalue weighted by molar-refractivity contribution is -0.143. The van der Waals surface area contributed by atoms with Crippen LogP contribution in [0.3, 0.4) is 0 Å². The molecule has 4 rings (SSSR count). The molecule has 3 aromatic rings. The van der Waals surface area contributed by atoms with Crippen molar-refractivity contribution in [3.63, 3.8) is 0 Å². The summed E-state index contributed by atoms with van der Waals surface area (Å²) in [5.41, 5.74) is -0.0837. The molecule has 1 unspecified atom stereocenters. The highest BCUT2D eigenvalue weighted by atomic mass is 35.5. The smallest absolute Gasteiger partial charge is 0.280 e. The van der Waals surface area contributed by atoms with Gasteiger partial charge in [-0.2, -0.15) is 0 Å². The zero-order valence-electron chi connectivity index (χ0n) is 14.5. The summed E-state index contributed by atoms with van der Waals surface area (Å²) in [6.07, 6.45) is 0. The molecule has 2 amide bonds. The van der Waals surface area contributed by atoms with Gasteiger partial charge >= 0.3 is 0 Å². The summed E-state index contributed by atoms with van der Waals surface area (Å²) in [7, 11) is 0. The van der Waals surface area contributed by atoms with Gasteiger partial charge < -0.3 is 10.1 Å². The summed E-state index contributed by atoms with van der Waals surface area (Å²) in [6, 6.07) is 10.6. The number of halogens is 2. The number of nitrogens with zero attached hydrogens (tertiary/aromatic N) is 1. The van der Waals surface area contributed by atoms with Crippen molar-refractivity contribution >= 4 is 45.6 Å². The molecule has 0 saturated heterocycles. The van der Waals surface area contributed by atoms with Crippen LogP contribution in [-0.2, 0) is 9.59 Å². The Balaban J connectivity index is 1.54. The highest BCUT2D eigenvalue weighted by Crippen LogP contribution is 2.36. The van der Waals surface area contributed by atoms with Crippen molar-refractivity contribution in [2.24, 2.45) is 0 Å². The molecular formula is C19H13ClFN3O3S. The molecular weight excluding hydrogens is 405 g/mol. The third kappa shape index (κ3) is 3.32. The van der Waals surface area contributed by atoms with Gasteiger partial charge in [-0.1, -0.05) is 11.6 Å². The summed E-state index contributed by atoms with van der Waals surface area (Å²) in [4.78, 5) is 29.6. The summed E-state index contributed by atoms with van der Waals surface area (Å²) >= 11 is 7.10. The molecule has 0 spiro atoms. The van der Waals surface area contributed by atoms with Crippen molar-refractivity contribution in [2.45, 2.75) is 12.5 Å². The third-order valence-electron chi connectivity index (χ3n) is 4.24. The van der Waals surface area contributed by atoms with Crippen molar-refractivity contribution in [2.75, 3.05) is 10.6 Å². The van der Waals surface area contributed by atoms with E-state index in [1.807, 2.05) is 0 Å². The Labute approximate surface area is 168 Å². The van der Waals surface area contributed by atoms with E-state index >= 15 is 0 Å². The van der Waals surface area contributed by atoms with Crippen molar-refractivity contribution in [1.82, 2.24) is 4.98 Å². The maximum absolute atomic E-state index is 13.1. The minimum absolute atomic E-state index is 0.295. The molecule has 2 heterocycles. The van der Waals surface area contributed by atoms with E-state index in [9.17, 15) is 14.0 Å². The molecule has 1 aliphatic rings. The molecule has 1 aliphatic heterocycles. The Bertz CT molecular complexity index is 1090. The molecule has 2 aromatic carbocycles. The first-order chi connectivity index (χ1) is 13.3. The van der Waals surface area contributed by atoms with E-state index < -0.39 is 17.4 Å². The molecule has 1 atom stereocenters. The number of benzene rings is 2. The predicted molar refractivity (Wildman–Crippen MR) is 105 cm³/mol. The summed E-state index contributed by atoms with van der Waals surface area (Å²) in [6.45, 7) is 1.38. The number of amides is 2. The standard InChI is InChI=1S/C19H13ClFN3O3S/c1-19(16(25)22-13-8-11(20)4-7-15(13)27-19)17(26)24-18-23-14(9-28-18)10-2-5-12(21)6-3-10/h2-9H,1H3,(H,22,25)(H,23,24,26). The lowest BCUT2D eigenvalue weighted by Crippen LogP contribution is -2.56. The Kier molecular flexibility index (Phi) is 4.52. The van der Waals surface area contributed by atoms with Gasteiger partial charge in [0.2, 0.25) is 0 Å². The molecule has 2 N–H and O–H groups in total. The molecule has 9 heteroatoms. The minimum Gasteiger partial charge on any atom is -0.466 e. The van der Waals surface area contributed by atoms with E-state index in [-0.39, 0.29) is 5.82 Å². The first kappa shape index (κ1) is 18.4. The largest absolute Gasteiger partial charge is 0.466 e. The fourth-order valence-corrected chi connectivity index (χ4v) is 3.53. The maximum atomic E-state index is 13.1. The molecule has 0 bridgehead atoms. The molecule has 0 fully saturated rings. The van der Waals surface area contributed by atoms with E-state index in [0.29, 0.717) is 32.8 Å². The number of hydrogen-bond donors (Lipinski definition) is 2. The van der Waals surface area contributed by atoms with Crippen LogP contribution in [0.4, 0.5) is 15.2 Å².